The predicted molar refractivity (Wildman–Crippen MR) is 75.9 cm³/mol. The van der Waals surface area contributed by atoms with E-state index in [9.17, 15) is 26.3 Å². The van der Waals surface area contributed by atoms with Gasteiger partial charge in [-0.15, -0.1) is 0 Å². The van der Waals surface area contributed by atoms with Gasteiger partial charge in [0.15, 0.2) is 0 Å². The third kappa shape index (κ3) is 4.76. The minimum atomic E-state index is -4.76. The maximum absolute atomic E-state index is 13.4. The molecule has 9 heteroatoms. The van der Waals surface area contributed by atoms with E-state index < -0.39 is 30.4 Å². The summed E-state index contributed by atoms with van der Waals surface area (Å²) in [6.45, 7) is 1.38. The number of methoxy groups -OCH3 is 1. The summed E-state index contributed by atoms with van der Waals surface area (Å²) < 4.78 is 83.8. The Morgan fingerprint density at radius 3 is 2.25 bits per heavy atom. The lowest BCUT2D eigenvalue weighted by atomic mass is 9.95. The lowest BCUT2D eigenvalue weighted by molar-refractivity contribution is -0.153. The lowest BCUT2D eigenvalue weighted by Gasteiger charge is -2.36. The van der Waals surface area contributed by atoms with Crippen molar-refractivity contribution < 1.29 is 31.1 Å². The number of halogens is 6. The number of nitrogens with zero attached hydrogens (tertiary/aromatic N) is 1. The largest absolute Gasteiger partial charge is 0.497 e. The minimum absolute atomic E-state index is 0.0443. The Morgan fingerprint density at radius 2 is 1.75 bits per heavy atom. The van der Waals surface area contributed by atoms with E-state index in [-0.39, 0.29) is 24.4 Å². The summed E-state index contributed by atoms with van der Waals surface area (Å²) in [6, 6.07) is 1.71. The Bertz CT molecular complexity index is 552. The maximum atomic E-state index is 13.4. The standard InChI is InChI=1S/C15H18F6N2O/c1-24-10-2-3-11(12(8-10)15(19,20)21)13(9-14(16,17)18)23-6-4-22-5-7-23/h2-3,8,13,22H,4-7,9H2,1H3/t13-/m0/s1. The van der Waals surface area contributed by atoms with Crippen LogP contribution in [-0.4, -0.2) is 44.4 Å². The van der Waals surface area contributed by atoms with Gasteiger partial charge in [-0.2, -0.15) is 26.3 Å². The predicted octanol–water partition coefficient (Wildman–Crippen LogP) is 3.61. The summed E-state index contributed by atoms with van der Waals surface area (Å²) in [5.74, 6) is -0.0443. The molecule has 0 saturated carbocycles. The molecule has 1 aromatic rings. The molecule has 2 rings (SSSR count). The van der Waals surface area contributed by atoms with Gasteiger partial charge in [-0.1, -0.05) is 6.07 Å². The Hall–Kier alpha value is -1.48. The van der Waals surface area contributed by atoms with Crippen LogP contribution in [0, 0.1) is 0 Å². The molecule has 1 saturated heterocycles. The van der Waals surface area contributed by atoms with Crippen LogP contribution in [0.5, 0.6) is 5.75 Å². The molecule has 0 bridgehead atoms. The zero-order chi connectivity index (χ0) is 18.0. The topological polar surface area (TPSA) is 24.5 Å². The third-order valence-corrected chi connectivity index (χ3v) is 3.94. The van der Waals surface area contributed by atoms with Gasteiger partial charge >= 0.3 is 12.4 Å². The number of ether oxygens (including phenoxy) is 1. The summed E-state index contributed by atoms with van der Waals surface area (Å²) in [4.78, 5) is 1.45. The molecule has 0 aliphatic carbocycles. The van der Waals surface area contributed by atoms with Crippen LogP contribution in [0.4, 0.5) is 26.3 Å². The summed E-state index contributed by atoms with van der Waals surface area (Å²) in [5, 5.41) is 2.98. The van der Waals surface area contributed by atoms with Gasteiger partial charge in [0.1, 0.15) is 5.75 Å². The van der Waals surface area contributed by atoms with Gasteiger partial charge < -0.3 is 10.1 Å². The van der Waals surface area contributed by atoms with Crippen LogP contribution >= 0.6 is 0 Å². The summed E-state index contributed by atoms with van der Waals surface area (Å²) >= 11 is 0. The summed E-state index contributed by atoms with van der Waals surface area (Å²) in [5.41, 5.74) is -1.46. The highest BCUT2D eigenvalue weighted by atomic mass is 19.4. The third-order valence-electron chi connectivity index (χ3n) is 3.94. The molecule has 0 aromatic heterocycles. The SMILES string of the molecule is COc1ccc([C@H](CC(F)(F)F)N2CCNCC2)c(C(F)(F)F)c1. The van der Waals surface area contributed by atoms with E-state index in [0.717, 1.165) is 12.1 Å². The Kier molecular flexibility index (Phi) is 5.64. The normalized spacial score (nSPS) is 18.5. The van der Waals surface area contributed by atoms with E-state index in [1.165, 1.54) is 18.1 Å². The van der Waals surface area contributed by atoms with Crippen molar-refractivity contribution in [1.29, 1.82) is 0 Å². The van der Waals surface area contributed by atoms with E-state index in [1.807, 2.05) is 0 Å². The van der Waals surface area contributed by atoms with Gasteiger partial charge in [0.25, 0.3) is 0 Å². The molecule has 1 fully saturated rings. The molecule has 136 valence electrons. The van der Waals surface area contributed by atoms with Crippen LogP contribution in [0.25, 0.3) is 0 Å². The number of hydrogen-bond donors (Lipinski definition) is 1. The molecule has 1 aliphatic rings. The molecule has 3 nitrogen and oxygen atoms in total. The number of piperazine rings is 1. The van der Waals surface area contributed by atoms with Gasteiger partial charge in [-0.05, 0) is 17.7 Å². The zero-order valence-corrected chi connectivity index (χ0v) is 13.0. The van der Waals surface area contributed by atoms with Crippen molar-refractivity contribution in [3.63, 3.8) is 0 Å². The second kappa shape index (κ2) is 7.18. The van der Waals surface area contributed by atoms with E-state index in [2.05, 4.69) is 5.32 Å². The number of rotatable bonds is 4. The van der Waals surface area contributed by atoms with E-state index in [0.29, 0.717) is 13.1 Å². The molecule has 1 heterocycles. The highest BCUT2D eigenvalue weighted by molar-refractivity contribution is 5.39. The van der Waals surface area contributed by atoms with Crippen LogP contribution in [0.15, 0.2) is 18.2 Å². The number of alkyl halides is 6. The first kappa shape index (κ1) is 18.9. The van der Waals surface area contributed by atoms with Gasteiger partial charge in [-0.3, -0.25) is 4.90 Å². The molecular formula is C15H18F6N2O. The maximum Gasteiger partial charge on any atom is 0.416 e. The van der Waals surface area contributed by atoms with Crippen LogP contribution in [0.3, 0.4) is 0 Å². The van der Waals surface area contributed by atoms with Crippen molar-refractivity contribution in [3.8, 4) is 5.75 Å². The molecule has 0 unspecified atom stereocenters. The first-order chi connectivity index (χ1) is 11.1. The van der Waals surface area contributed by atoms with Crippen molar-refractivity contribution in [2.24, 2.45) is 0 Å². The molecule has 1 aromatic carbocycles. The summed E-state index contributed by atoms with van der Waals surface area (Å²) in [7, 11) is 1.21. The highest BCUT2D eigenvalue weighted by Crippen LogP contribution is 2.42. The lowest BCUT2D eigenvalue weighted by Crippen LogP contribution is -2.46. The van der Waals surface area contributed by atoms with E-state index >= 15 is 0 Å². The van der Waals surface area contributed by atoms with Crippen LogP contribution in [-0.2, 0) is 6.18 Å². The smallest absolute Gasteiger partial charge is 0.416 e. The minimum Gasteiger partial charge on any atom is -0.497 e. The molecule has 1 N–H and O–H groups in total. The van der Waals surface area contributed by atoms with Crippen LogP contribution < -0.4 is 10.1 Å². The fraction of sp³-hybridized carbons (Fsp3) is 0.600. The molecule has 1 aliphatic heterocycles. The molecule has 0 radical (unpaired) electrons. The zero-order valence-electron chi connectivity index (χ0n) is 13.0. The van der Waals surface area contributed by atoms with E-state index in [1.54, 1.807) is 0 Å². The molecule has 0 spiro atoms. The van der Waals surface area contributed by atoms with Crippen LogP contribution in [0.2, 0.25) is 0 Å². The Labute approximate surface area is 135 Å². The monoisotopic (exact) mass is 356 g/mol. The highest BCUT2D eigenvalue weighted by Gasteiger charge is 2.41. The molecule has 24 heavy (non-hydrogen) atoms. The van der Waals surface area contributed by atoms with Crippen molar-refractivity contribution in [3.05, 3.63) is 29.3 Å². The van der Waals surface area contributed by atoms with Crippen molar-refractivity contribution >= 4 is 0 Å². The Balaban J connectivity index is 2.47. The first-order valence-electron chi connectivity index (χ1n) is 7.38. The molecule has 0 amide bonds. The van der Waals surface area contributed by atoms with Gasteiger partial charge in [0, 0.05) is 32.2 Å². The number of hydrogen-bond acceptors (Lipinski definition) is 3. The second-order valence-corrected chi connectivity index (χ2v) is 5.57. The quantitative estimate of drug-likeness (QED) is 0.834. The molecule has 1 atom stereocenters. The fourth-order valence-electron chi connectivity index (χ4n) is 2.85. The Morgan fingerprint density at radius 1 is 1.12 bits per heavy atom. The first-order valence-corrected chi connectivity index (χ1v) is 7.38. The fourth-order valence-corrected chi connectivity index (χ4v) is 2.85. The van der Waals surface area contributed by atoms with Crippen LogP contribution in [0.1, 0.15) is 23.6 Å². The molecular weight excluding hydrogens is 338 g/mol. The number of benzene rings is 1. The summed E-state index contributed by atoms with van der Waals surface area (Å²) in [6.07, 6.45) is -10.7. The number of nitrogens with one attached hydrogen (secondary N) is 1. The van der Waals surface area contributed by atoms with Gasteiger partial charge in [0.2, 0.25) is 0 Å². The van der Waals surface area contributed by atoms with Gasteiger partial charge in [0.05, 0.1) is 19.1 Å². The van der Waals surface area contributed by atoms with Gasteiger partial charge in [-0.25, -0.2) is 0 Å². The second-order valence-electron chi connectivity index (χ2n) is 5.57. The van der Waals surface area contributed by atoms with Crippen molar-refractivity contribution in [2.75, 3.05) is 33.3 Å². The van der Waals surface area contributed by atoms with E-state index in [4.69, 9.17) is 4.74 Å². The average molecular weight is 356 g/mol. The van der Waals surface area contributed by atoms with Crippen molar-refractivity contribution in [1.82, 2.24) is 10.2 Å². The van der Waals surface area contributed by atoms with Crippen molar-refractivity contribution in [2.45, 2.75) is 24.8 Å². The average Bonchev–Trinajstić information content (AvgIpc) is 2.51.